The van der Waals surface area contributed by atoms with Gasteiger partial charge in [-0.2, -0.15) is 0 Å². The third-order valence-corrected chi connectivity index (χ3v) is 2.98. The summed E-state index contributed by atoms with van der Waals surface area (Å²) in [6.45, 7) is 0. The van der Waals surface area contributed by atoms with E-state index in [1.165, 1.54) is 11.1 Å². The molecule has 2 rings (SSSR count). The maximum Gasteiger partial charge on any atom is 0.229 e. The lowest BCUT2D eigenvalue weighted by atomic mass is 10.0. The van der Waals surface area contributed by atoms with Gasteiger partial charge in [-0.3, -0.25) is 9.59 Å². The van der Waals surface area contributed by atoms with Gasteiger partial charge in [-0.15, -0.1) is 11.6 Å². The Balaban J connectivity index is 2.30. The van der Waals surface area contributed by atoms with E-state index in [0.717, 1.165) is 19.3 Å². The number of hydrogen-bond acceptors (Lipinski definition) is 2. The SMILES string of the molecule is O=C(CCl)C(=O)c1ccc2c(c1)CCC2. The number of carbonyl (C=O) groups excluding carboxylic acids is 2. The molecule has 78 valence electrons. The third kappa shape index (κ3) is 1.95. The molecule has 1 aromatic rings. The molecule has 0 heterocycles. The van der Waals surface area contributed by atoms with E-state index in [4.69, 9.17) is 11.6 Å². The number of carbonyl (C=O) groups is 2. The highest BCUT2D eigenvalue weighted by atomic mass is 35.5. The van der Waals surface area contributed by atoms with Crippen molar-refractivity contribution in [2.45, 2.75) is 19.3 Å². The van der Waals surface area contributed by atoms with E-state index in [-0.39, 0.29) is 5.88 Å². The van der Waals surface area contributed by atoms with Gasteiger partial charge in [0.1, 0.15) is 0 Å². The van der Waals surface area contributed by atoms with Crippen molar-refractivity contribution < 1.29 is 9.59 Å². The molecule has 0 unspecified atom stereocenters. The Morgan fingerprint density at radius 3 is 2.67 bits per heavy atom. The molecule has 1 aliphatic rings. The van der Waals surface area contributed by atoms with E-state index >= 15 is 0 Å². The third-order valence-electron chi connectivity index (χ3n) is 2.74. The highest BCUT2D eigenvalue weighted by Crippen LogP contribution is 2.23. The van der Waals surface area contributed by atoms with Crippen LogP contribution in [0.15, 0.2) is 18.2 Å². The van der Waals surface area contributed by atoms with Gasteiger partial charge in [0.15, 0.2) is 0 Å². The van der Waals surface area contributed by atoms with Gasteiger partial charge >= 0.3 is 0 Å². The van der Waals surface area contributed by atoms with Gasteiger partial charge < -0.3 is 0 Å². The molecule has 0 radical (unpaired) electrons. The maximum atomic E-state index is 11.5. The number of alkyl halides is 1. The zero-order valence-corrected chi connectivity index (χ0v) is 9.01. The molecule has 1 aromatic carbocycles. The van der Waals surface area contributed by atoms with Crippen molar-refractivity contribution in [3.8, 4) is 0 Å². The second-order valence-corrected chi connectivity index (χ2v) is 3.99. The number of halogens is 1. The number of rotatable bonds is 3. The normalized spacial score (nSPS) is 13.7. The Morgan fingerprint density at radius 2 is 1.93 bits per heavy atom. The lowest BCUT2D eigenvalue weighted by molar-refractivity contribution is -0.112. The number of benzene rings is 1. The van der Waals surface area contributed by atoms with Crippen molar-refractivity contribution in [3.63, 3.8) is 0 Å². The summed E-state index contributed by atoms with van der Waals surface area (Å²) < 4.78 is 0. The number of aryl methyl sites for hydroxylation is 2. The van der Waals surface area contributed by atoms with Gasteiger partial charge in [-0.05, 0) is 36.5 Å². The summed E-state index contributed by atoms with van der Waals surface area (Å²) in [5.41, 5.74) is 2.97. The van der Waals surface area contributed by atoms with Crippen LogP contribution in [0.5, 0.6) is 0 Å². The van der Waals surface area contributed by atoms with Crippen LogP contribution >= 0.6 is 11.6 Å². The van der Waals surface area contributed by atoms with E-state index in [1.807, 2.05) is 12.1 Å². The fourth-order valence-electron chi connectivity index (χ4n) is 1.93. The van der Waals surface area contributed by atoms with Crippen LogP contribution in [0.1, 0.15) is 27.9 Å². The molecule has 0 spiro atoms. The quantitative estimate of drug-likeness (QED) is 0.446. The zero-order chi connectivity index (χ0) is 10.8. The molecule has 0 amide bonds. The lowest BCUT2D eigenvalue weighted by Gasteiger charge is -2.02. The summed E-state index contributed by atoms with van der Waals surface area (Å²) in [5.74, 6) is -1.25. The standard InChI is InChI=1S/C12H11ClO2/c13-7-11(14)12(15)10-5-4-8-2-1-3-9(8)6-10/h4-6H,1-3,7H2. The summed E-state index contributed by atoms with van der Waals surface area (Å²) in [5, 5.41) is 0. The number of ketones is 2. The molecular weight excluding hydrogens is 212 g/mol. The molecule has 0 aliphatic heterocycles. The molecule has 0 fully saturated rings. The maximum absolute atomic E-state index is 11.5. The summed E-state index contributed by atoms with van der Waals surface area (Å²) in [7, 11) is 0. The molecule has 0 N–H and O–H groups in total. The molecule has 1 aliphatic carbocycles. The molecule has 3 heteroatoms. The minimum Gasteiger partial charge on any atom is -0.289 e. The van der Waals surface area contributed by atoms with E-state index in [2.05, 4.69) is 0 Å². The average Bonchev–Trinajstić information content (AvgIpc) is 2.73. The Hall–Kier alpha value is -1.15. The Bertz CT molecular complexity index is 424. The van der Waals surface area contributed by atoms with Gasteiger partial charge in [-0.25, -0.2) is 0 Å². The van der Waals surface area contributed by atoms with Crippen LogP contribution in [0.4, 0.5) is 0 Å². The van der Waals surface area contributed by atoms with E-state index in [9.17, 15) is 9.59 Å². The minimum atomic E-state index is -0.533. The van der Waals surface area contributed by atoms with Crippen molar-refractivity contribution in [2.75, 3.05) is 5.88 Å². The topological polar surface area (TPSA) is 34.1 Å². The smallest absolute Gasteiger partial charge is 0.229 e. The van der Waals surface area contributed by atoms with Crippen LogP contribution in [-0.2, 0) is 17.6 Å². The highest BCUT2D eigenvalue weighted by molar-refractivity contribution is 6.51. The number of fused-ring (bicyclic) bond motifs is 1. The van der Waals surface area contributed by atoms with Crippen molar-refractivity contribution >= 4 is 23.2 Å². The summed E-state index contributed by atoms with van der Waals surface area (Å²) in [6.07, 6.45) is 3.22. The van der Waals surface area contributed by atoms with Gasteiger partial charge in [0, 0.05) is 5.56 Å². The van der Waals surface area contributed by atoms with Crippen molar-refractivity contribution in [3.05, 3.63) is 34.9 Å². The van der Waals surface area contributed by atoms with Gasteiger partial charge in [0.05, 0.1) is 5.88 Å². The predicted molar refractivity (Wildman–Crippen MR) is 58.5 cm³/mol. The van der Waals surface area contributed by atoms with Crippen molar-refractivity contribution in [2.24, 2.45) is 0 Å². The first kappa shape index (κ1) is 10.4. The summed E-state index contributed by atoms with van der Waals surface area (Å²) in [4.78, 5) is 22.7. The lowest BCUT2D eigenvalue weighted by Crippen LogP contribution is -2.15. The molecule has 2 nitrogen and oxygen atoms in total. The highest BCUT2D eigenvalue weighted by Gasteiger charge is 2.18. The zero-order valence-electron chi connectivity index (χ0n) is 8.25. The van der Waals surface area contributed by atoms with Gasteiger partial charge in [-0.1, -0.05) is 12.1 Å². The van der Waals surface area contributed by atoms with E-state index < -0.39 is 11.6 Å². The van der Waals surface area contributed by atoms with Crippen LogP contribution in [0.2, 0.25) is 0 Å². The van der Waals surface area contributed by atoms with Crippen LogP contribution in [0.25, 0.3) is 0 Å². The first-order chi connectivity index (χ1) is 7.22. The van der Waals surface area contributed by atoms with Crippen LogP contribution in [0.3, 0.4) is 0 Å². The molecule has 0 atom stereocenters. The number of hydrogen-bond donors (Lipinski definition) is 0. The second-order valence-electron chi connectivity index (χ2n) is 3.72. The monoisotopic (exact) mass is 222 g/mol. The molecule has 0 aromatic heterocycles. The first-order valence-corrected chi connectivity index (χ1v) is 5.51. The van der Waals surface area contributed by atoms with Crippen molar-refractivity contribution in [1.82, 2.24) is 0 Å². The predicted octanol–water partition coefficient (Wildman–Crippen LogP) is 2.17. The van der Waals surface area contributed by atoms with Gasteiger partial charge in [0.25, 0.3) is 0 Å². The van der Waals surface area contributed by atoms with Crippen molar-refractivity contribution in [1.29, 1.82) is 0 Å². The Labute approximate surface area is 93.2 Å². The first-order valence-electron chi connectivity index (χ1n) is 4.97. The van der Waals surface area contributed by atoms with Crippen LogP contribution in [0, 0.1) is 0 Å². The molecule has 0 saturated carbocycles. The van der Waals surface area contributed by atoms with Gasteiger partial charge in [0.2, 0.25) is 11.6 Å². The molecule has 15 heavy (non-hydrogen) atoms. The summed E-state index contributed by atoms with van der Waals surface area (Å²) in [6, 6.07) is 5.49. The second kappa shape index (κ2) is 4.15. The minimum absolute atomic E-state index is 0.240. The van der Waals surface area contributed by atoms with Crippen LogP contribution in [-0.4, -0.2) is 17.4 Å². The fraction of sp³-hybridized carbons (Fsp3) is 0.333. The van der Waals surface area contributed by atoms with E-state index in [0.29, 0.717) is 5.56 Å². The van der Waals surface area contributed by atoms with Crippen LogP contribution < -0.4 is 0 Å². The molecule has 0 bridgehead atoms. The Kier molecular flexibility index (Phi) is 2.87. The largest absolute Gasteiger partial charge is 0.289 e. The average molecular weight is 223 g/mol. The summed E-state index contributed by atoms with van der Waals surface area (Å²) >= 11 is 5.34. The fourth-order valence-corrected chi connectivity index (χ4v) is 2.06. The van der Waals surface area contributed by atoms with E-state index in [1.54, 1.807) is 6.07 Å². The number of Topliss-reactive ketones (excluding diaryl/α,β-unsaturated/α-hetero) is 2. The molecular formula is C12H11ClO2. The Morgan fingerprint density at radius 1 is 1.20 bits per heavy atom. The molecule has 0 saturated heterocycles.